The number of para-hydroxylation sites is 1. The van der Waals surface area contributed by atoms with Gasteiger partial charge in [0.25, 0.3) is 0 Å². The molecule has 11 nitrogen and oxygen atoms in total. The molecule has 5 rings (SSSR count). The summed E-state index contributed by atoms with van der Waals surface area (Å²) < 4.78 is 10.5. The third kappa shape index (κ3) is 3.29. The Hall–Kier alpha value is -4.17. The van der Waals surface area contributed by atoms with Gasteiger partial charge in [0.1, 0.15) is 28.9 Å². The zero-order valence-corrected chi connectivity index (χ0v) is 19.7. The number of nitrogens with one attached hydrogen (secondary N) is 1. The molecule has 1 fully saturated rings. The van der Waals surface area contributed by atoms with Crippen LogP contribution < -0.4 is 16.0 Å². The molecular weight excluding hydrogens is 466 g/mol. The highest BCUT2D eigenvalue weighted by atomic mass is 16.5. The quantitative estimate of drug-likeness (QED) is 0.567. The van der Waals surface area contributed by atoms with E-state index in [1.807, 2.05) is 6.07 Å². The number of nitrogens with two attached hydrogens (primary N) is 1. The Morgan fingerprint density at radius 3 is 2.83 bits per heavy atom. The van der Waals surface area contributed by atoms with Crippen molar-refractivity contribution in [3.05, 3.63) is 52.6 Å². The Bertz CT molecular complexity index is 1290. The van der Waals surface area contributed by atoms with E-state index in [4.69, 9.17) is 15.2 Å². The van der Waals surface area contributed by atoms with Gasteiger partial charge in [-0.05, 0) is 12.5 Å². The van der Waals surface area contributed by atoms with Gasteiger partial charge in [0.05, 0.1) is 31.5 Å². The number of Topliss-reactive ketones (excluding diaryl/α,β-unsaturated/α-hetero) is 1. The van der Waals surface area contributed by atoms with E-state index in [1.165, 1.54) is 12.0 Å². The van der Waals surface area contributed by atoms with E-state index in [2.05, 4.69) is 5.32 Å². The number of benzene rings is 1. The molecule has 0 aromatic heterocycles. The number of amides is 2. The number of esters is 1. The van der Waals surface area contributed by atoms with Crippen molar-refractivity contribution in [3.63, 3.8) is 0 Å². The zero-order chi connectivity index (χ0) is 25.6. The van der Waals surface area contributed by atoms with Crippen LogP contribution in [0.5, 0.6) is 0 Å². The molecule has 1 aromatic rings. The Balaban J connectivity index is 1.64. The van der Waals surface area contributed by atoms with Gasteiger partial charge in [-0.1, -0.05) is 18.2 Å². The molecule has 2 amide bonds. The van der Waals surface area contributed by atoms with Crippen LogP contribution in [0.3, 0.4) is 0 Å². The number of nitriles is 1. The molecule has 0 radical (unpaired) electrons. The molecule has 0 bridgehead atoms. The normalized spacial score (nSPS) is 25.8. The molecule has 3 heterocycles. The number of allylic oxidation sites excluding steroid dienone is 1. The van der Waals surface area contributed by atoms with Gasteiger partial charge in [-0.15, -0.1) is 0 Å². The van der Waals surface area contributed by atoms with Crippen LogP contribution in [0.25, 0.3) is 0 Å². The number of fused-ring (bicyclic) bond motifs is 3. The summed E-state index contributed by atoms with van der Waals surface area (Å²) in [6.45, 7) is 0.678. The molecule has 2 atom stereocenters. The van der Waals surface area contributed by atoms with Gasteiger partial charge >= 0.3 is 5.97 Å². The summed E-state index contributed by atoms with van der Waals surface area (Å²) in [6, 6.07) is 8.13. The first-order valence-electron chi connectivity index (χ1n) is 11.7. The number of anilines is 1. The fraction of sp³-hybridized carbons (Fsp3) is 0.400. The van der Waals surface area contributed by atoms with Crippen LogP contribution in [0.2, 0.25) is 0 Å². The van der Waals surface area contributed by atoms with Crippen LogP contribution in [-0.2, 0) is 34.1 Å². The summed E-state index contributed by atoms with van der Waals surface area (Å²) in [4.78, 5) is 55.5. The number of methoxy groups -OCH3 is 1. The van der Waals surface area contributed by atoms with Crippen LogP contribution >= 0.6 is 0 Å². The van der Waals surface area contributed by atoms with E-state index >= 15 is 0 Å². The first kappa shape index (κ1) is 23.6. The van der Waals surface area contributed by atoms with Gasteiger partial charge in [0, 0.05) is 31.5 Å². The minimum Gasteiger partial charge on any atom is -0.469 e. The first-order chi connectivity index (χ1) is 17.3. The van der Waals surface area contributed by atoms with Gasteiger partial charge in [-0.3, -0.25) is 29.0 Å². The minimum atomic E-state index is -1.73. The van der Waals surface area contributed by atoms with Crippen molar-refractivity contribution in [2.75, 3.05) is 31.8 Å². The number of nitrogens with zero attached hydrogens (tertiary/aromatic N) is 3. The summed E-state index contributed by atoms with van der Waals surface area (Å²) in [7, 11) is 1.25. The topological polar surface area (TPSA) is 155 Å². The van der Waals surface area contributed by atoms with Crippen molar-refractivity contribution in [2.45, 2.75) is 37.1 Å². The van der Waals surface area contributed by atoms with Crippen LogP contribution in [0.1, 0.15) is 31.2 Å². The van der Waals surface area contributed by atoms with E-state index in [0.29, 0.717) is 42.9 Å². The third-order valence-electron chi connectivity index (χ3n) is 7.22. The van der Waals surface area contributed by atoms with Crippen molar-refractivity contribution in [1.29, 1.82) is 5.26 Å². The molecule has 3 N–H and O–H groups in total. The predicted octanol–water partition coefficient (Wildman–Crippen LogP) is 0.323. The lowest BCUT2D eigenvalue weighted by Crippen LogP contribution is -2.59. The number of ether oxygens (including phenoxy) is 2. The molecule has 3 aliphatic heterocycles. The summed E-state index contributed by atoms with van der Waals surface area (Å²) in [5.74, 6) is -1.56. The van der Waals surface area contributed by atoms with Gasteiger partial charge < -0.3 is 20.5 Å². The maximum Gasteiger partial charge on any atom is 0.307 e. The smallest absolute Gasteiger partial charge is 0.307 e. The average Bonchev–Trinajstić information content (AvgIpc) is 3.09. The molecule has 11 heteroatoms. The second-order valence-corrected chi connectivity index (χ2v) is 9.07. The lowest BCUT2D eigenvalue weighted by Gasteiger charge is -2.39. The fourth-order valence-corrected chi connectivity index (χ4v) is 5.62. The van der Waals surface area contributed by atoms with Crippen LogP contribution in [0, 0.1) is 11.3 Å². The molecule has 1 spiro atoms. The minimum absolute atomic E-state index is 0.0387. The lowest BCUT2D eigenvalue weighted by molar-refractivity contribution is -0.146. The van der Waals surface area contributed by atoms with E-state index in [0.717, 1.165) is 0 Å². The highest BCUT2D eigenvalue weighted by molar-refractivity contribution is 6.20. The molecule has 4 aliphatic rings. The van der Waals surface area contributed by atoms with Crippen molar-refractivity contribution < 1.29 is 28.7 Å². The zero-order valence-electron chi connectivity index (χ0n) is 19.7. The van der Waals surface area contributed by atoms with Gasteiger partial charge in [0.15, 0.2) is 5.78 Å². The predicted molar refractivity (Wildman–Crippen MR) is 124 cm³/mol. The van der Waals surface area contributed by atoms with Crippen LogP contribution in [0.4, 0.5) is 5.69 Å². The van der Waals surface area contributed by atoms with Crippen molar-refractivity contribution >= 4 is 29.3 Å². The highest BCUT2D eigenvalue weighted by Crippen LogP contribution is 2.55. The fourth-order valence-electron chi connectivity index (χ4n) is 5.62. The van der Waals surface area contributed by atoms with Crippen LogP contribution in [-0.4, -0.2) is 61.4 Å². The standard InChI is InChI=1S/C25H25N5O6/c1-35-20(32)11-17-23(33)28-9-10-29(17)13-30-16-6-3-2-5-14(16)25(24(30)34)15(12-26)22(27)36-19-8-4-7-18(31)21(19)25/h2-3,5-6,17H,4,7-11,13,27H2,1H3,(H,28,33)/t17-,25-/m1/s1. The number of rotatable bonds is 4. The number of piperazine rings is 1. The summed E-state index contributed by atoms with van der Waals surface area (Å²) in [5.41, 5.74) is 5.43. The Kier molecular flexibility index (Phi) is 5.76. The average molecular weight is 492 g/mol. The van der Waals surface area contributed by atoms with Crippen molar-refractivity contribution in [1.82, 2.24) is 10.2 Å². The molecule has 36 heavy (non-hydrogen) atoms. The van der Waals surface area contributed by atoms with Gasteiger partial charge in [0.2, 0.25) is 17.7 Å². The van der Waals surface area contributed by atoms with E-state index in [1.54, 1.807) is 29.2 Å². The first-order valence-corrected chi connectivity index (χ1v) is 11.7. The number of ketones is 1. The molecule has 0 unspecified atom stereocenters. The second-order valence-electron chi connectivity index (χ2n) is 9.07. The molecular formula is C25H25N5O6. The number of hydrogen-bond donors (Lipinski definition) is 2. The van der Waals surface area contributed by atoms with Crippen LogP contribution in [0.15, 0.2) is 47.1 Å². The second kappa shape index (κ2) is 8.80. The Labute approximate surface area is 207 Å². The molecule has 0 saturated carbocycles. The molecule has 1 aromatic carbocycles. The van der Waals surface area contributed by atoms with Gasteiger partial charge in [-0.25, -0.2) is 0 Å². The highest BCUT2D eigenvalue weighted by Gasteiger charge is 2.62. The van der Waals surface area contributed by atoms with Gasteiger partial charge in [-0.2, -0.15) is 5.26 Å². The lowest BCUT2D eigenvalue weighted by atomic mass is 9.65. The molecule has 1 saturated heterocycles. The summed E-state index contributed by atoms with van der Waals surface area (Å²) in [6.07, 6.45) is 1.02. The number of carbonyl (C=O) groups is 4. The van der Waals surface area contributed by atoms with E-state index in [9.17, 15) is 24.4 Å². The maximum atomic E-state index is 14.4. The summed E-state index contributed by atoms with van der Waals surface area (Å²) >= 11 is 0. The monoisotopic (exact) mass is 491 g/mol. The Morgan fingerprint density at radius 2 is 2.08 bits per heavy atom. The maximum absolute atomic E-state index is 14.4. The third-order valence-corrected chi connectivity index (χ3v) is 7.22. The number of hydrogen-bond acceptors (Lipinski definition) is 9. The van der Waals surface area contributed by atoms with E-state index in [-0.39, 0.29) is 48.2 Å². The van der Waals surface area contributed by atoms with E-state index < -0.39 is 23.3 Å². The number of carbonyl (C=O) groups excluding carboxylic acids is 4. The Morgan fingerprint density at radius 1 is 1.31 bits per heavy atom. The molecule has 186 valence electrons. The SMILES string of the molecule is COC(=O)C[C@@H]1C(=O)NCCN1CN1C(=O)[C@@]2(C(C#N)=C(N)OC3=C2C(=O)CCC3)c2ccccc21. The van der Waals surface area contributed by atoms with Crippen molar-refractivity contribution in [3.8, 4) is 6.07 Å². The van der Waals surface area contributed by atoms with Crippen molar-refractivity contribution in [2.24, 2.45) is 5.73 Å². The molecule has 1 aliphatic carbocycles. The summed E-state index contributed by atoms with van der Waals surface area (Å²) in [5, 5.41) is 12.9. The largest absolute Gasteiger partial charge is 0.469 e.